The van der Waals surface area contributed by atoms with Crippen molar-refractivity contribution in [1.29, 1.82) is 5.26 Å². The van der Waals surface area contributed by atoms with Crippen LogP contribution >= 0.6 is 0 Å². The van der Waals surface area contributed by atoms with Crippen LogP contribution in [0.3, 0.4) is 0 Å². The van der Waals surface area contributed by atoms with Crippen molar-refractivity contribution in [3.63, 3.8) is 0 Å². The highest BCUT2D eigenvalue weighted by molar-refractivity contribution is 6.10. The molecule has 1 unspecified atom stereocenters. The molecule has 49 heavy (non-hydrogen) atoms. The van der Waals surface area contributed by atoms with Gasteiger partial charge in [0.15, 0.2) is 5.60 Å². The molecule has 0 saturated carbocycles. The van der Waals surface area contributed by atoms with Gasteiger partial charge in [-0.3, -0.25) is 0 Å². The predicted molar refractivity (Wildman–Crippen MR) is 195 cm³/mol. The summed E-state index contributed by atoms with van der Waals surface area (Å²) in [7, 11) is 3.43. The van der Waals surface area contributed by atoms with Crippen LogP contribution in [-0.2, 0) is 15.8 Å². The van der Waals surface area contributed by atoms with E-state index >= 15 is 0 Å². The Kier molecular flexibility index (Phi) is 7.61. The highest BCUT2D eigenvalue weighted by Crippen LogP contribution is 2.61. The topological polar surface area (TPSA) is 64.0 Å². The van der Waals surface area contributed by atoms with E-state index in [-0.39, 0.29) is 5.41 Å². The lowest BCUT2D eigenvalue weighted by molar-refractivity contribution is 0.122. The van der Waals surface area contributed by atoms with Gasteiger partial charge in [-0.2, -0.15) is 5.26 Å². The summed E-state index contributed by atoms with van der Waals surface area (Å²) in [5.74, 6) is 2.43. The lowest BCUT2D eigenvalue weighted by Crippen LogP contribution is -2.36. The van der Waals surface area contributed by atoms with Gasteiger partial charge in [-0.15, -0.1) is 0 Å². The average Bonchev–Trinajstić information content (AvgIpc) is 3.47. The third-order valence-electron chi connectivity index (χ3n) is 11.0. The van der Waals surface area contributed by atoms with Crippen molar-refractivity contribution in [2.45, 2.75) is 37.7 Å². The minimum absolute atomic E-state index is 0.296. The molecule has 1 atom stereocenters. The summed E-state index contributed by atoms with van der Waals surface area (Å²) in [5.41, 5.74) is 8.57. The predicted octanol–water partition coefficient (Wildman–Crippen LogP) is 9.00. The minimum atomic E-state index is -0.891. The van der Waals surface area contributed by atoms with Crippen LogP contribution < -0.4 is 19.1 Å². The van der Waals surface area contributed by atoms with E-state index in [1.165, 1.54) is 22.3 Å². The number of hydrogen-bond acceptors (Lipinski definition) is 6. The molecule has 2 heterocycles. The fraction of sp³-hybridized carbons (Fsp3) is 0.279. The third kappa shape index (κ3) is 4.56. The van der Waals surface area contributed by atoms with E-state index in [0.717, 1.165) is 76.3 Å². The van der Waals surface area contributed by atoms with E-state index in [1.807, 2.05) is 24.3 Å². The SMILES string of the molecule is CCC1(CC)c2cc(C#N)ccc2-c2c1c1c(c3cc(OC)c(N4CCOCC4)cc23)OC(c2ccccc2)(c2ccc(OC)cc2)C=C1. The van der Waals surface area contributed by atoms with Crippen LogP contribution in [0.5, 0.6) is 17.2 Å². The standard InChI is InChI=1S/C43H40N2O4/c1-5-42(6-2)36-24-28(27-44)12-17-32(36)39-34-25-37(45-20-22-48-23-21-45)38(47-4)26-35(34)41-33(40(39)42)18-19-43(49-41,29-10-8-7-9-11-29)30-13-15-31(46-3)16-14-30/h7-19,24-26H,5-6,20-23H2,1-4H3. The average molecular weight is 649 g/mol. The van der Waals surface area contributed by atoms with Crippen molar-refractivity contribution in [1.82, 2.24) is 0 Å². The number of ether oxygens (including phenoxy) is 4. The quantitative estimate of drug-likeness (QED) is 0.176. The molecule has 1 saturated heterocycles. The fourth-order valence-electron chi connectivity index (χ4n) is 8.50. The monoisotopic (exact) mass is 648 g/mol. The zero-order valence-electron chi connectivity index (χ0n) is 28.5. The number of morpholine rings is 1. The fourth-order valence-corrected chi connectivity index (χ4v) is 8.50. The van der Waals surface area contributed by atoms with Gasteiger partial charge in [-0.05, 0) is 83.0 Å². The summed E-state index contributed by atoms with van der Waals surface area (Å²) in [6, 6.07) is 31.7. The zero-order valence-corrected chi connectivity index (χ0v) is 28.5. The van der Waals surface area contributed by atoms with E-state index in [4.69, 9.17) is 18.9 Å². The maximum atomic E-state index is 9.99. The van der Waals surface area contributed by atoms with Crippen LogP contribution in [0, 0.1) is 11.3 Å². The molecule has 2 aliphatic heterocycles. The van der Waals surface area contributed by atoms with E-state index in [0.29, 0.717) is 18.8 Å². The molecule has 0 radical (unpaired) electrons. The molecule has 8 rings (SSSR count). The molecule has 0 amide bonds. The number of fused-ring (bicyclic) bond motifs is 8. The maximum absolute atomic E-state index is 9.99. The highest BCUT2D eigenvalue weighted by atomic mass is 16.5. The van der Waals surface area contributed by atoms with Gasteiger partial charge in [0.05, 0.1) is 44.8 Å². The van der Waals surface area contributed by atoms with Gasteiger partial charge < -0.3 is 23.8 Å². The van der Waals surface area contributed by atoms with Crippen molar-refractivity contribution >= 4 is 22.5 Å². The van der Waals surface area contributed by atoms with E-state index in [1.54, 1.807) is 14.2 Å². The molecule has 5 aromatic rings. The number of nitrogens with zero attached hydrogens (tertiary/aromatic N) is 2. The van der Waals surface area contributed by atoms with Gasteiger partial charge in [-0.1, -0.05) is 68.5 Å². The second-order valence-corrected chi connectivity index (χ2v) is 13.1. The Hall–Kier alpha value is -5.25. The number of hydrogen-bond donors (Lipinski definition) is 0. The highest BCUT2D eigenvalue weighted by Gasteiger charge is 2.47. The van der Waals surface area contributed by atoms with Crippen molar-refractivity contribution < 1.29 is 18.9 Å². The number of benzene rings is 5. The van der Waals surface area contributed by atoms with Crippen LogP contribution in [0.4, 0.5) is 5.69 Å². The summed E-state index contributed by atoms with van der Waals surface area (Å²) in [5, 5.41) is 12.1. The summed E-state index contributed by atoms with van der Waals surface area (Å²) < 4.78 is 25.0. The van der Waals surface area contributed by atoms with E-state index in [9.17, 15) is 5.26 Å². The van der Waals surface area contributed by atoms with Gasteiger partial charge in [-0.25, -0.2) is 0 Å². The first kappa shape index (κ1) is 31.0. The summed E-state index contributed by atoms with van der Waals surface area (Å²) in [4.78, 5) is 2.36. The molecule has 246 valence electrons. The lowest BCUT2D eigenvalue weighted by Gasteiger charge is -2.39. The van der Waals surface area contributed by atoms with Crippen molar-refractivity contribution in [3.05, 3.63) is 124 Å². The molecular weight excluding hydrogens is 608 g/mol. The van der Waals surface area contributed by atoms with Crippen LogP contribution in [0.25, 0.3) is 28.0 Å². The second-order valence-electron chi connectivity index (χ2n) is 13.1. The Morgan fingerprint density at radius 2 is 1.57 bits per heavy atom. The Balaban J connectivity index is 1.48. The first-order valence-corrected chi connectivity index (χ1v) is 17.2. The zero-order chi connectivity index (χ0) is 33.8. The first-order valence-electron chi connectivity index (χ1n) is 17.2. The molecule has 6 nitrogen and oxygen atoms in total. The van der Waals surface area contributed by atoms with Gasteiger partial charge in [0, 0.05) is 40.6 Å². The summed E-state index contributed by atoms with van der Waals surface area (Å²) in [6.45, 7) is 7.47. The van der Waals surface area contributed by atoms with Gasteiger partial charge in [0.25, 0.3) is 0 Å². The molecule has 5 aromatic carbocycles. The minimum Gasteiger partial charge on any atom is -0.497 e. The molecule has 1 fully saturated rings. The van der Waals surface area contributed by atoms with Crippen molar-refractivity contribution in [2.24, 2.45) is 0 Å². The number of nitriles is 1. The summed E-state index contributed by atoms with van der Waals surface area (Å²) >= 11 is 0. The summed E-state index contributed by atoms with van der Waals surface area (Å²) in [6.07, 6.45) is 6.28. The number of methoxy groups -OCH3 is 2. The van der Waals surface area contributed by atoms with Crippen LogP contribution in [0.1, 0.15) is 60.1 Å². The Bertz CT molecular complexity index is 2140. The Labute approximate surface area is 288 Å². The smallest absolute Gasteiger partial charge is 0.178 e. The third-order valence-corrected chi connectivity index (χ3v) is 11.0. The maximum Gasteiger partial charge on any atom is 0.178 e. The Morgan fingerprint density at radius 3 is 2.24 bits per heavy atom. The second kappa shape index (κ2) is 12.0. The number of anilines is 1. The number of rotatable bonds is 7. The molecule has 0 aromatic heterocycles. The van der Waals surface area contributed by atoms with Gasteiger partial charge in [0.1, 0.15) is 17.2 Å². The molecular formula is C43H40N2O4. The lowest BCUT2D eigenvalue weighted by atomic mass is 9.71. The van der Waals surface area contributed by atoms with Crippen LogP contribution in [-0.4, -0.2) is 40.5 Å². The van der Waals surface area contributed by atoms with Crippen molar-refractivity contribution in [2.75, 3.05) is 45.4 Å². The normalized spacial score (nSPS) is 18.6. The van der Waals surface area contributed by atoms with Crippen LogP contribution in [0.2, 0.25) is 0 Å². The molecule has 0 spiro atoms. The van der Waals surface area contributed by atoms with Gasteiger partial charge >= 0.3 is 0 Å². The van der Waals surface area contributed by atoms with Crippen LogP contribution in [0.15, 0.2) is 91.0 Å². The van der Waals surface area contributed by atoms with E-state index < -0.39 is 5.60 Å². The molecule has 1 aliphatic carbocycles. The molecule has 3 aliphatic rings. The van der Waals surface area contributed by atoms with Gasteiger partial charge in [0.2, 0.25) is 0 Å². The van der Waals surface area contributed by atoms with Crippen molar-refractivity contribution in [3.8, 4) is 34.4 Å². The molecule has 0 bridgehead atoms. The molecule has 0 N–H and O–H groups in total. The Morgan fingerprint density at radius 1 is 0.837 bits per heavy atom. The molecule has 6 heteroatoms. The first-order chi connectivity index (χ1) is 24.0. The van der Waals surface area contributed by atoms with E-state index in [2.05, 4.69) is 97.6 Å². The largest absolute Gasteiger partial charge is 0.497 e.